The van der Waals surface area contributed by atoms with Gasteiger partial charge in [-0.05, 0) is 62.1 Å². The number of anilines is 1. The van der Waals surface area contributed by atoms with Gasteiger partial charge in [-0.3, -0.25) is 9.59 Å². The van der Waals surface area contributed by atoms with Crippen molar-refractivity contribution >= 4 is 38.5 Å². The number of hydrogen-bond donors (Lipinski definition) is 2. The number of benzene rings is 2. The first kappa shape index (κ1) is 24.2. The first-order valence-electron chi connectivity index (χ1n) is 11.7. The van der Waals surface area contributed by atoms with Crippen LogP contribution in [0.2, 0.25) is 0 Å². The van der Waals surface area contributed by atoms with Gasteiger partial charge in [-0.15, -0.1) is 0 Å². The second-order valence-corrected chi connectivity index (χ2v) is 11.0. The highest BCUT2D eigenvalue weighted by atomic mass is 32.2. The van der Waals surface area contributed by atoms with Gasteiger partial charge in [0, 0.05) is 29.7 Å². The number of rotatable bonds is 6. The number of fused-ring (bicyclic) bond motifs is 2. The SMILES string of the molecule is C=CC(=O)NC1CC2CCN(S(=O)(=O)c3ccc(NC(=O)c4oc5ccccc5c4C)cc3)CC2O1. The van der Waals surface area contributed by atoms with Crippen LogP contribution in [0.15, 0.2) is 70.5 Å². The highest BCUT2D eigenvalue weighted by Crippen LogP contribution is 2.34. The van der Waals surface area contributed by atoms with Crippen LogP contribution in [0, 0.1) is 12.8 Å². The number of ether oxygens (including phenoxy) is 1. The molecule has 2 aliphatic rings. The van der Waals surface area contributed by atoms with Crippen molar-refractivity contribution in [1.82, 2.24) is 9.62 Å². The number of nitrogens with one attached hydrogen (secondary N) is 2. The summed E-state index contributed by atoms with van der Waals surface area (Å²) in [5.74, 6) is -0.315. The Balaban J connectivity index is 1.25. The lowest BCUT2D eigenvalue weighted by Crippen LogP contribution is -2.45. The van der Waals surface area contributed by atoms with Crippen molar-refractivity contribution in [2.24, 2.45) is 5.92 Å². The summed E-state index contributed by atoms with van der Waals surface area (Å²) in [5, 5.41) is 6.37. The highest BCUT2D eigenvalue weighted by molar-refractivity contribution is 7.89. The van der Waals surface area contributed by atoms with Crippen molar-refractivity contribution in [3.63, 3.8) is 0 Å². The van der Waals surface area contributed by atoms with Crippen LogP contribution in [-0.2, 0) is 19.6 Å². The molecule has 2 aromatic carbocycles. The molecule has 0 saturated carbocycles. The Labute approximate surface area is 209 Å². The monoisotopic (exact) mass is 509 g/mol. The van der Waals surface area contributed by atoms with Crippen molar-refractivity contribution in [2.45, 2.75) is 37.0 Å². The molecule has 0 bridgehead atoms. The standard InChI is InChI=1S/C26H27N3O6S/c1-3-23(30)28-24-14-17-12-13-29(15-22(17)34-24)36(32,33)19-10-8-18(9-11-19)27-26(31)25-16(2)20-6-4-5-7-21(20)35-25/h3-11,17,22,24H,1,12-15H2,2H3,(H,27,31)(H,28,30). The number of carbonyl (C=O) groups is 2. The maximum atomic E-state index is 13.3. The van der Waals surface area contributed by atoms with E-state index in [0.29, 0.717) is 30.7 Å². The number of aryl methyl sites for hydroxylation is 1. The van der Waals surface area contributed by atoms with Gasteiger partial charge in [0.15, 0.2) is 5.76 Å². The Morgan fingerprint density at radius 2 is 1.89 bits per heavy atom. The average Bonchev–Trinajstić information content (AvgIpc) is 3.44. The number of para-hydroxylation sites is 1. The first-order valence-corrected chi connectivity index (χ1v) is 13.2. The molecule has 0 aliphatic carbocycles. The molecule has 2 fully saturated rings. The molecule has 0 spiro atoms. The van der Waals surface area contributed by atoms with Crippen molar-refractivity contribution in [2.75, 3.05) is 18.4 Å². The van der Waals surface area contributed by atoms with Crippen molar-refractivity contribution in [3.05, 3.63) is 72.5 Å². The molecule has 188 valence electrons. The minimum Gasteiger partial charge on any atom is -0.451 e. The van der Waals surface area contributed by atoms with E-state index in [1.807, 2.05) is 25.1 Å². The quantitative estimate of drug-likeness (QED) is 0.492. The molecular formula is C26H27N3O6S. The molecule has 5 rings (SSSR count). The smallest absolute Gasteiger partial charge is 0.291 e. The van der Waals surface area contributed by atoms with Gasteiger partial charge < -0.3 is 19.8 Å². The number of sulfonamides is 1. The zero-order valence-corrected chi connectivity index (χ0v) is 20.6. The van der Waals surface area contributed by atoms with Crippen LogP contribution in [0.5, 0.6) is 0 Å². The third-order valence-corrected chi connectivity index (χ3v) is 8.68. The van der Waals surface area contributed by atoms with Crippen LogP contribution in [0.3, 0.4) is 0 Å². The van der Waals surface area contributed by atoms with E-state index in [9.17, 15) is 18.0 Å². The van der Waals surface area contributed by atoms with Crippen LogP contribution in [0.25, 0.3) is 11.0 Å². The highest BCUT2D eigenvalue weighted by Gasteiger charge is 2.42. The molecule has 0 radical (unpaired) electrons. The summed E-state index contributed by atoms with van der Waals surface area (Å²) in [6.07, 6.45) is 1.76. The van der Waals surface area contributed by atoms with Gasteiger partial charge in [-0.2, -0.15) is 4.31 Å². The fraction of sp³-hybridized carbons (Fsp3) is 0.308. The predicted molar refractivity (Wildman–Crippen MR) is 134 cm³/mol. The van der Waals surface area contributed by atoms with Gasteiger partial charge in [0.2, 0.25) is 15.9 Å². The molecule has 3 atom stereocenters. The minimum absolute atomic E-state index is 0.133. The third kappa shape index (κ3) is 4.55. The molecule has 2 N–H and O–H groups in total. The first-order chi connectivity index (χ1) is 17.3. The molecule has 2 amide bonds. The van der Waals surface area contributed by atoms with E-state index < -0.39 is 22.2 Å². The molecule has 3 unspecified atom stereocenters. The van der Waals surface area contributed by atoms with Crippen LogP contribution in [0.4, 0.5) is 5.69 Å². The molecule has 36 heavy (non-hydrogen) atoms. The molecule has 2 saturated heterocycles. The number of piperidine rings is 1. The Morgan fingerprint density at radius 3 is 2.61 bits per heavy atom. The second kappa shape index (κ2) is 9.53. The van der Waals surface area contributed by atoms with Gasteiger partial charge in [-0.25, -0.2) is 8.42 Å². The second-order valence-electron chi connectivity index (χ2n) is 9.05. The zero-order valence-electron chi connectivity index (χ0n) is 19.8. The average molecular weight is 510 g/mol. The number of amides is 2. The molecule has 3 aromatic rings. The zero-order chi connectivity index (χ0) is 25.4. The van der Waals surface area contributed by atoms with Gasteiger partial charge in [-0.1, -0.05) is 24.8 Å². The molecule has 9 nitrogen and oxygen atoms in total. The van der Waals surface area contributed by atoms with Crippen LogP contribution in [-0.4, -0.2) is 50.0 Å². The van der Waals surface area contributed by atoms with Crippen LogP contribution >= 0.6 is 0 Å². The number of carbonyl (C=O) groups excluding carboxylic acids is 2. The van der Waals surface area contributed by atoms with E-state index >= 15 is 0 Å². The molecule has 1 aromatic heterocycles. The van der Waals surface area contributed by atoms with E-state index in [1.54, 1.807) is 18.2 Å². The predicted octanol–water partition coefficient (Wildman–Crippen LogP) is 3.42. The van der Waals surface area contributed by atoms with Gasteiger partial charge in [0.25, 0.3) is 5.91 Å². The molecule has 2 aliphatic heterocycles. The lowest BCUT2D eigenvalue weighted by molar-refractivity contribution is -0.120. The Bertz CT molecular complexity index is 1430. The maximum absolute atomic E-state index is 13.3. The number of nitrogens with zero attached hydrogens (tertiary/aromatic N) is 1. The van der Waals surface area contributed by atoms with Gasteiger partial charge in [0.05, 0.1) is 11.0 Å². The Kier molecular flexibility index (Phi) is 6.42. The summed E-state index contributed by atoms with van der Waals surface area (Å²) in [6, 6.07) is 13.5. The summed E-state index contributed by atoms with van der Waals surface area (Å²) in [5.41, 5.74) is 1.83. The summed E-state index contributed by atoms with van der Waals surface area (Å²) in [6.45, 7) is 5.85. The van der Waals surface area contributed by atoms with E-state index in [2.05, 4.69) is 17.2 Å². The fourth-order valence-electron chi connectivity index (χ4n) is 4.87. The lowest BCUT2D eigenvalue weighted by atomic mass is 9.94. The summed E-state index contributed by atoms with van der Waals surface area (Å²) in [7, 11) is -3.75. The summed E-state index contributed by atoms with van der Waals surface area (Å²) < 4.78 is 39.5. The topological polar surface area (TPSA) is 118 Å². The van der Waals surface area contributed by atoms with Crippen LogP contribution in [0.1, 0.15) is 29.0 Å². The number of hydrogen-bond acceptors (Lipinski definition) is 6. The maximum Gasteiger partial charge on any atom is 0.291 e. The van der Waals surface area contributed by atoms with Gasteiger partial charge >= 0.3 is 0 Å². The van der Waals surface area contributed by atoms with E-state index in [-0.39, 0.29) is 35.1 Å². The van der Waals surface area contributed by atoms with Gasteiger partial charge in [0.1, 0.15) is 11.8 Å². The van der Waals surface area contributed by atoms with E-state index in [0.717, 1.165) is 10.9 Å². The van der Waals surface area contributed by atoms with E-state index in [1.165, 1.54) is 22.5 Å². The van der Waals surface area contributed by atoms with Crippen molar-refractivity contribution in [3.8, 4) is 0 Å². The molecular weight excluding hydrogens is 482 g/mol. The fourth-order valence-corrected chi connectivity index (χ4v) is 6.34. The minimum atomic E-state index is -3.75. The number of furan rings is 1. The molecule has 3 heterocycles. The summed E-state index contributed by atoms with van der Waals surface area (Å²) >= 11 is 0. The largest absolute Gasteiger partial charge is 0.451 e. The van der Waals surface area contributed by atoms with E-state index in [4.69, 9.17) is 9.15 Å². The normalized spacial score (nSPS) is 22.2. The Morgan fingerprint density at radius 1 is 1.14 bits per heavy atom. The van der Waals surface area contributed by atoms with Crippen molar-refractivity contribution in [1.29, 1.82) is 0 Å². The van der Waals surface area contributed by atoms with Crippen molar-refractivity contribution < 1.29 is 27.2 Å². The molecule has 10 heteroatoms. The Hall–Kier alpha value is -3.47. The van der Waals surface area contributed by atoms with Crippen LogP contribution < -0.4 is 10.6 Å². The summed E-state index contributed by atoms with van der Waals surface area (Å²) in [4.78, 5) is 24.5. The third-order valence-electron chi connectivity index (χ3n) is 6.80. The lowest BCUT2D eigenvalue weighted by Gasteiger charge is -2.33.